The highest BCUT2D eigenvalue weighted by molar-refractivity contribution is 8.00. The SMILES string of the molecule is CNCc1ccnc(N2CCSC(C)(C)C2)c1. The molecule has 4 heteroatoms. The Hall–Kier alpha value is -0.740. The summed E-state index contributed by atoms with van der Waals surface area (Å²) < 4.78 is 0.332. The van der Waals surface area contributed by atoms with Gasteiger partial charge in [0.2, 0.25) is 0 Å². The van der Waals surface area contributed by atoms with Gasteiger partial charge < -0.3 is 10.2 Å². The summed E-state index contributed by atoms with van der Waals surface area (Å²) in [5.41, 5.74) is 1.30. The molecule has 0 atom stereocenters. The molecule has 0 amide bonds. The molecule has 1 saturated heterocycles. The standard InChI is InChI=1S/C13H21N3S/c1-13(2)10-16(6-7-17-13)12-8-11(9-14-3)4-5-15-12/h4-5,8,14H,6-7,9-10H2,1-3H3. The largest absolute Gasteiger partial charge is 0.354 e. The molecule has 0 spiro atoms. The van der Waals surface area contributed by atoms with Gasteiger partial charge in [-0.05, 0) is 38.6 Å². The fraction of sp³-hybridized carbons (Fsp3) is 0.615. The highest BCUT2D eigenvalue weighted by Crippen LogP contribution is 2.31. The summed E-state index contributed by atoms with van der Waals surface area (Å²) in [6.07, 6.45) is 1.91. The molecule has 0 aromatic carbocycles. The van der Waals surface area contributed by atoms with Crippen molar-refractivity contribution in [1.82, 2.24) is 10.3 Å². The summed E-state index contributed by atoms with van der Waals surface area (Å²) in [5.74, 6) is 2.30. The fourth-order valence-electron chi connectivity index (χ4n) is 2.16. The second kappa shape index (κ2) is 5.27. The Labute approximate surface area is 108 Å². The topological polar surface area (TPSA) is 28.2 Å². The fourth-order valence-corrected chi connectivity index (χ4v) is 3.27. The maximum absolute atomic E-state index is 4.50. The summed E-state index contributed by atoms with van der Waals surface area (Å²) in [5, 5.41) is 3.18. The lowest BCUT2D eigenvalue weighted by Gasteiger charge is -2.38. The van der Waals surface area contributed by atoms with E-state index in [0.29, 0.717) is 4.75 Å². The van der Waals surface area contributed by atoms with Crippen molar-refractivity contribution in [3.63, 3.8) is 0 Å². The summed E-state index contributed by atoms with van der Waals surface area (Å²) in [4.78, 5) is 6.90. The number of pyridine rings is 1. The van der Waals surface area contributed by atoms with Gasteiger partial charge in [0.1, 0.15) is 5.82 Å². The second-order valence-electron chi connectivity index (χ2n) is 5.08. The van der Waals surface area contributed by atoms with Crippen LogP contribution >= 0.6 is 11.8 Å². The van der Waals surface area contributed by atoms with Crippen molar-refractivity contribution < 1.29 is 0 Å². The Morgan fingerprint density at radius 3 is 3.06 bits per heavy atom. The molecule has 2 rings (SSSR count). The highest BCUT2D eigenvalue weighted by atomic mass is 32.2. The Morgan fingerprint density at radius 2 is 2.35 bits per heavy atom. The molecule has 3 nitrogen and oxygen atoms in total. The minimum Gasteiger partial charge on any atom is -0.354 e. The van der Waals surface area contributed by atoms with E-state index in [1.807, 2.05) is 13.2 Å². The molecule has 94 valence electrons. The first-order valence-electron chi connectivity index (χ1n) is 6.09. The first-order valence-corrected chi connectivity index (χ1v) is 7.08. The van der Waals surface area contributed by atoms with Crippen LogP contribution in [0, 0.1) is 0 Å². The molecular weight excluding hydrogens is 230 g/mol. The van der Waals surface area contributed by atoms with E-state index in [4.69, 9.17) is 0 Å². The van der Waals surface area contributed by atoms with Crippen molar-refractivity contribution in [3.8, 4) is 0 Å². The number of nitrogens with one attached hydrogen (secondary N) is 1. The van der Waals surface area contributed by atoms with Gasteiger partial charge in [0.15, 0.2) is 0 Å². The summed E-state index contributed by atoms with van der Waals surface area (Å²) in [7, 11) is 1.97. The lowest BCUT2D eigenvalue weighted by molar-refractivity contribution is 0.641. The van der Waals surface area contributed by atoms with Gasteiger partial charge in [0.05, 0.1) is 0 Å². The third-order valence-electron chi connectivity index (χ3n) is 2.94. The van der Waals surface area contributed by atoms with Crippen LogP contribution in [-0.4, -0.2) is 35.6 Å². The van der Waals surface area contributed by atoms with Crippen molar-refractivity contribution >= 4 is 17.6 Å². The predicted octanol–water partition coefficient (Wildman–Crippen LogP) is 2.13. The van der Waals surface area contributed by atoms with Gasteiger partial charge in [-0.15, -0.1) is 0 Å². The van der Waals surface area contributed by atoms with Gasteiger partial charge in [0.25, 0.3) is 0 Å². The molecular formula is C13H21N3S. The number of aromatic nitrogens is 1. The zero-order valence-electron chi connectivity index (χ0n) is 10.9. The highest BCUT2D eigenvalue weighted by Gasteiger charge is 2.27. The van der Waals surface area contributed by atoms with Crippen molar-refractivity contribution in [2.24, 2.45) is 0 Å². The third-order valence-corrected chi connectivity index (χ3v) is 4.24. The van der Waals surface area contributed by atoms with E-state index >= 15 is 0 Å². The first kappa shape index (κ1) is 12.7. The normalized spacial score (nSPS) is 19.4. The van der Waals surface area contributed by atoms with Gasteiger partial charge in [-0.2, -0.15) is 11.8 Å². The predicted molar refractivity (Wildman–Crippen MR) is 75.8 cm³/mol. The number of hydrogen-bond donors (Lipinski definition) is 1. The maximum atomic E-state index is 4.50. The number of rotatable bonds is 3. The van der Waals surface area contributed by atoms with Gasteiger partial charge in [-0.3, -0.25) is 0 Å². The molecule has 0 bridgehead atoms. The molecule has 0 aliphatic carbocycles. The zero-order chi connectivity index (χ0) is 12.3. The van der Waals surface area contributed by atoms with Crippen LogP contribution in [0.15, 0.2) is 18.3 Å². The molecule has 0 unspecified atom stereocenters. The lowest BCUT2D eigenvalue weighted by Crippen LogP contribution is -2.43. The summed E-state index contributed by atoms with van der Waals surface area (Å²) in [6, 6.07) is 4.27. The average Bonchev–Trinajstić information content (AvgIpc) is 2.28. The summed E-state index contributed by atoms with van der Waals surface area (Å²) in [6.45, 7) is 7.70. The Bertz CT molecular complexity index is 379. The molecule has 1 aliphatic heterocycles. The van der Waals surface area contributed by atoms with Crippen LogP contribution in [0.2, 0.25) is 0 Å². The van der Waals surface area contributed by atoms with Gasteiger partial charge in [-0.25, -0.2) is 4.98 Å². The second-order valence-corrected chi connectivity index (χ2v) is 6.88. The van der Waals surface area contributed by atoms with Crippen LogP contribution in [-0.2, 0) is 6.54 Å². The molecule has 1 aromatic heterocycles. The molecule has 1 N–H and O–H groups in total. The van der Waals surface area contributed by atoms with E-state index < -0.39 is 0 Å². The van der Waals surface area contributed by atoms with Gasteiger partial charge in [0, 0.05) is 36.3 Å². The van der Waals surface area contributed by atoms with Crippen molar-refractivity contribution in [2.45, 2.75) is 25.1 Å². The molecule has 17 heavy (non-hydrogen) atoms. The van der Waals surface area contributed by atoms with Crippen molar-refractivity contribution in [2.75, 3.05) is 30.8 Å². The molecule has 1 fully saturated rings. The Morgan fingerprint density at radius 1 is 1.53 bits per heavy atom. The van der Waals surface area contributed by atoms with E-state index in [2.05, 4.69) is 52.9 Å². The number of hydrogen-bond acceptors (Lipinski definition) is 4. The summed E-state index contributed by atoms with van der Waals surface area (Å²) >= 11 is 2.05. The Kier molecular flexibility index (Phi) is 3.94. The van der Waals surface area contributed by atoms with Crippen molar-refractivity contribution in [1.29, 1.82) is 0 Å². The van der Waals surface area contributed by atoms with E-state index in [9.17, 15) is 0 Å². The minimum absolute atomic E-state index is 0.332. The molecule has 0 saturated carbocycles. The van der Waals surface area contributed by atoms with E-state index in [-0.39, 0.29) is 0 Å². The molecule has 1 aromatic rings. The van der Waals surface area contributed by atoms with Gasteiger partial charge in [-0.1, -0.05) is 0 Å². The number of anilines is 1. The minimum atomic E-state index is 0.332. The van der Waals surface area contributed by atoms with Crippen LogP contribution in [0.5, 0.6) is 0 Å². The van der Waals surface area contributed by atoms with E-state index in [1.54, 1.807) is 0 Å². The first-order chi connectivity index (χ1) is 8.11. The van der Waals surface area contributed by atoms with Crippen LogP contribution in [0.4, 0.5) is 5.82 Å². The maximum Gasteiger partial charge on any atom is 0.128 e. The third kappa shape index (κ3) is 3.36. The van der Waals surface area contributed by atoms with Crippen LogP contribution < -0.4 is 10.2 Å². The van der Waals surface area contributed by atoms with E-state index in [0.717, 1.165) is 25.5 Å². The van der Waals surface area contributed by atoms with Gasteiger partial charge >= 0.3 is 0 Å². The zero-order valence-corrected chi connectivity index (χ0v) is 11.7. The van der Waals surface area contributed by atoms with Crippen LogP contribution in [0.1, 0.15) is 19.4 Å². The lowest BCUT2D eigenvalue weighted by atomic mass is 10.1. The Balaban J connectivity index is 2.13. The van der Waals surface area contributed by atoms with Crippen molar-refractivity contribution in [3.05, 3.63) is 23.9 Å². The monoisotopic (exact) mass is 251 g/mol. The molecule has 2 heterocycles. The smallest absolute Gasteiger partial charge is 0.128 e. The average molecular weight is 251 g/mol. The quantitative estimate of drug-likeness (QED) is 0.891. The van der Waals surface area contributed by atoms with Crippen LogP contribution in [0.3, 0.4) is 0 Å². The van der Waals surface area contributed by atoms with E-state index in [1.165, 1.54) is 11.3 Å². The molecule has 0 radical (unpaired) electrons. The molecule has 1 aliphatic rings. The number of thioether (sulfide) groups is 1. The number of nitrogens with zero attached hydrogens (tertiary/aromatic N) is 2. The van der Waals surface area contributed by atoms with Crippen LogP contribution in [0.25, 0.3) is 0 Å².